The van der Waals surface area contributed by atoms with Gasteiger partial charge in [0.2, 0.25) is 0 Å². The molecule has 0 amide bonds. The van der Waals surface area contributed by atoms with Gasteiger partial charge in [0.1, 0.15) is 23.7 Å². The molecule has 10 heteroatoms. The van der Waals surface area contributed by atoms with Crippen LogP contribution in [0.2, 0.25) is 0 Å². The molecular weight excluding hydrogens is 1660 g/mol. The third kappa shape index (κ3) is 14.8. The molecule has 4 atom stereocenters. The van der Waals surface area contributed by atoms with Crippen LogP contribution in [0.4, 0.5) is 0 Å². The van der Waals surface area contributed by atoms with Crippen LogP contribution in [-0.2, 0) is 0 Å². The predicted octanol–water partition coefficient (Wildman–Crippen LogP) is 31.5. The molecule has 640 valence electrons. The Balaban J connectivity index is 0.000000145. The van der Waals surface area contributed by atoms with Crippen LogP contribution in [0.15, 0.2) is 473 Å². The molecule has 4 aliphatic rings. The lowest BCUT2D eigenvalue weighted by Gasteiger charge is -2.22. The molecule has 0 N–H and O–H groups in total. The second-order valence-electron chi connectivity index (χ2n) is 35.0. The molecule has 4 unspecified atom stereocenters. The Hall–Kier alpha value is -17.9. The largest absolute Gasteiger partial charge is 0.484 e. The quantitative estimate of drug-likeness (QED) is 0.0942. The van der Waals surface area contributed by atoms with Gasteiger partial charge in [0.05, 0.1) is 33.5 Å². The van der Waals surface area contributed by atoms with E-state index in [1.807, 2.05) is 24.3 Å². The number of para-hydroxylation sites is 4. The first kappa shape index (κ1) is 80.2. The van der Waals surface area contributed by atoms with E-state index in [1.165, 1.54) is 66.4 Å². The summed E-state index contributed by atoms with van der Waals surface area (Å²) < 4.78 is 19.3. The number of fused-ring (bicyclic) bond motifs is 14. The molecule has 136 heavy (non-hydrogen) atoms. The molecule has 10 nitrogen and oxygen atoms in total. The van der Waals surface area contributed by atoms with E-state index in [1.54, 1.807) is 0 Å². The molecule has 18 aromatic carbocycles. The summed E-state index contributed by atoms with van der Waals surface area (Å²) in [5.74, 6) is 5.17. The predicted molar refractivity (Wildman–Crippen MR) is 553 cm³/mol. The van der Waals surface area contributed by atoms with Crippen molar-refractivity contribution in [2.45, 2.75) is 24.0 Å². The van der Waals surface area contributed by atoms with Gasteiger partial charge in [-0.25, -0.2) is 29.9 Å². The Bertz CT molecular complexity index is 8250. The molecule has 0 bridgehead atoms. The monoisotopic (exact) mass is 1740 g/mol. The van der Waals surface area contributed by atoms with Crippen molar-refractivity contribution in [2.75, 3.05) is 0 Å². The number of hydrogen-bond acceptors (Lipinski definition) is 8. The highest BCUT2D eigenvalue weighted by Gasteiger charge is 2.44. The van der Waals surface area contributed by atoms with Gasteiger partial charge in [0.25, 0.3) is 0 Å². The van der Waals surface area contributed by atoms with Crippen LogP contribution in [0, 0.1) is 0 Å². The van der Waals surface area contributed by atoms with Crippen LogP contribution < -0.4 is 9.47 Å². The van der Waals surface area contributed by atoms with Gasteiger partial charge in [-0.1, -0.05) is 406 Å². The normalized spacial score (nSPS) is 14.5. The van der Waals surface area contributed by atoms with Crippen molar-refractivity contribution < 1.29 is 9.47 Å². The molecule has 2 aliphatic heterocycles. The van der Waals surface area contributed by atoms with Gasteiger partial charge < -0.3 is 18.6 Å². The smallest absolute Gasteiger partial charge is 0.167 e. The summed E-state index contributed by atoms with van der Waals surface area (Å²) in [6.07, 6.45) is 8.72. The van der Waals surface area contributed by atoms with E-state index in [4.69, 9.17) is 39.4 Å². The molecule has 0 radical (unpaired) electrons. The average Bonchev–Trinajstić information content (AvgIpc) is 1.56. The van der Waals surface area contributed by atoms with E-state index in [0.717, 1.165) is 134 Å². The zero-order valence-electron chi connectivity index (χ0n) is 73.9. The summed E-state index contributed by atoms with van der Waals surface area (Å²) in [6.45, 7) is 0. The fourth-order valence-corrected chi connectivity index (χ4v) is 20.2. The highest BCUT2D eigenvalue weighted by Crippen LogP contribution is 2.58. The number of nitrogens with zero attached hydrogens (tertiary/aromatic N) is 8. The molecule has 4 aromatic heterocycles. The van der Waals surface area contributed by atoms with Gasteiger partial charge in [-0.3, -0.25) is 0 Å². The number of hydrogen-bond donors (Lipinski definition) is 0. The summed E-state index contributed by atoms with van der Waals surface area (Å²) in [6, 6.07) is 162. The van der Waals surface area contributed by atoms with E-state index in [2.05, 4.69) is 470 Å². The maximum atomic E-state index is 7.27. The minimum Gasteiger partial charge on any atom is -0.484 e. The van der Waals surface area contributed by atoms with Gasteiger partial charge >= 0.3 is 0 Å². The molecule has 0 saturated heterocycles. The van der Waals surface area contributed by atoms with Crippen LogP contribution in [0.25, 0.3) is 203 Å². The zero-order chi connectivity index (χ0) is 89.9. The van der Waals surface area contributed by atoms with E-state index in [-0.39, 0.29) is 24.0 Å². The van der Waals surface area contributed by atoms with E-state index < -0.39 is 0 Å². The van der Waals surface area contributed by atoms with Gasteiger partial charge in [-0.2, -0.15) is 0 Å². The average molecular weight is 1740 g/mol. The van der Waals surface area contributed by atoms with Crippen LogP contribution >= 0.6 is 0 Å². The first-order valence-corrected chi connectivity index (χ1v) is 46.3. The molecular formula is C126H84N8O2. The third-order valence-corrected chi connectivity index (χ3v) is 26.9. The number of ether oxygens (including phenoxy) is 2. The lowest BCUT2D eigenvalue weighted by Crippen LogP contribution is -2.13. The summed E-state index contributed by atoms with van der Waals surface area (Å²) >= 11 is 0. The van der Waals surface area contributed by atoms with E-state index in [9.17, 15) is 0 Å². The Labute approximate surface area is 788 Å². The van der Waals surface area contributed by atoms with Gasteiger partial charge in [-0.15, -0.1) is 0 Å². The van der Waals surface area contributed by atoms with Crippen LogP contribution in [0.3, 0.4) is 0 Å². The van der Waals surface area contributed by atoms with Crippen LogP contribution in [-0.4, -0.2) is 39.0 Å². The molecule has 0 spiro atoms. The summed E-state index contributed by atoms with van der Waals surface area (Å²) in [5.41, 5.74) is 35.3. The minimum absolute atomic E-state index is 0.00448. The van der Waals surface area contributed by atoms with Crippen molar-refractivity contribution in [3.05, 3.63) is 507 Å². The SMILES string of the molecule is C1=CC2c3cccc(-c4nc(-c5ccc(-c6ccccc6)cc5)nc(-c5ccc(-c6ccccc6)cc5)n4)c3OC2c2c1n(-c1ccc(-c3cccc(-c4ccccc4)c3)cc1)c1ccccc21.C1=CC2c3cccc(-c4nc(-c5ccc(-c6ccccc6)cc5)nc(-c5cccc(-c6ccccc6)c5)n4)c3OC2c2c1n(-c1ccc(-c3cccc(-c4ccccc4)c3)cc1)c1ccccc21. The number of aromatic nitrogens is 8. The lowest BCUT2D eigenvalue weighted by molar-refractivity contribution is 0.225. The van der Waals surface area contributed by atoms with Crippen molar-refractivity contribution in [3.8, 4) is 180 Å². The third-order valence-electron chi connectivity index (χ3n) is 26.9. The number of rotatable bonds is 16. The lowest BCUT2D eigenvalue weighted by atomic mass is 9.85. The molecule has 6 heterocycles. The zero-order valence-corrected chi connectivity index (χ0v) is 73.9. The van der Waals surface area contributed by atoms with E-state index in [0.29, 0.717) is 34.9 Å². The first-order valence-electron chi connectivity index (χ1n) is 46.3. The van der Waals surface area contributed by atoms with E-state index >= 15 is 0 Å². The molecule has 2 aliphatic carbocycles. The molecule has 26 rings (SSSR count). The van der Waals surface area contributed by atoms with Crippen molar-refractivity contribution >= 4 is 34.0 Å². The fraction of sp³-hybridized carbons (Fsp3) is 0.0317. The minimum atomic E-state index is -0.244. The maximum Gasteiger partial charge on any atom is 0.167 e. The van der Waals surface area contributed by atoms with Crippen molar-refractivity contribution in [1.82, 2.24) is 39.0 Å². The van der Waals surface area contributed by atoms with Gasteiger partial charge in [0, 0.05) is 78.5 Å². The first-order chi connectivity index (χ1) is 67.4. The van der Waals surface area contributed by atoms with Gasteiger partial charge in [-0.05, 0) is 168 Å². The highest BCUT2D eigenvalue weighted by molar-refractivity contribution is 5.95. The van der Waals surface area contributed by atoms with Crippen molar-refractivity contribution in [2.24, 2.45) is 0 Å². The Morgan fingerprint density at radius 2 is 0.426 bits per heavy atom. The Morgan fingerprint density at radius 1 is 0.191 bits per heavy atom. The van der Waals surface area contributed by atoms with Crippen molar-refractivity contribution in [1.29, 1.82) is 0 Å². The topological polar surface area (TPSA) is 106 Å². The standard InChI is InChI=1S/2C63H42N4O/c1-4-15-41(16-5-1)44-29-31-46(32-30-44)61-64-62(50-24-13-23-49(40-50)43-19-8-3-9-20-43)66-63(65-61)55-27-14-26-52-53-37-38-57-58(60(53)68-59(52)55)54-25-10-11-28-56(54)67(57)51-35-33-45(34-36-51)48-22-12-21-47(39-48)42-17-6-2-7-18-42;1-4-14-41(15-5-1)44-26-30-47(31-27-44)61-64-62(48-32-28-45(29-33-48)42-16-6-2-7-17-42)66-63(65-61)55-24-13-23-52-53-38-39-57-58(60(53)68-59(52)55)54-22-10-11-25-56(54)67(57)51-36-34-46(35-37-51)50-21-12-20-49(40-50)43-18-8-3-9-19-43/h2*1-40,53,60H. The highest BCUT2D eigenvalue weighted by atomic mass is 16.5. The Kier molecular flexibility index (Phi) is 20.3. The summed E-state index contributed by atoms with van der Waals surface area (Å²) in [4.78, 5) is 31.2. The molecule has 0 fully saturated rings. The summed E-state index contributed by atoms with van der Waals surface area (Å²) in [5, 5.41) is 2.36. The summed E-state index contributed by atoms with van der Waals surface area (Å²) in [7, 11) is 0. The number of benzene rings is 18. The second-order valence-corrected chi connectivity index (χ2v) is 35.0. The fourth-order valence-electron chi connectivity index (χ4n) is 20.2. The van der Waals surface area contributed by atoms with Crippen molar-refractivity contribution in [3.63, 3.8) is 0 Å². The maximum absolute atomic E-state index is 7.27. The van der Waals surface area contributed by atoms with Crippen LogP contribution in [0.5, 0.6) is 11.5 Å². The van der Waals surface area contributed by atoms with Gasteiger partial charge in [0.15, 0.2) is 34.9 Å². The second kappa shape index (κ2) is 34.5. The Morgan fingerprint density at radius 3 is 0.757 bits per heavy atom. The molecule has 22 aromatic rings. The van der Waals surface area contributed by atoms with Crippen LogP contribution in [0.1, 0.15) is 57.7 Å². The molecule has 0 saturated carbocycles.